The summed E-state index contributed by atoms with van der Waals surface area (Å²) >= 11 is 2.86. The van der Waals surface area contributed by atoms with Crippen molar-refractivity contribution in [1.29, 1.82) is 5.26 Å². The molecule has 3 amide bonds. The number of amides is 3. The predicted octanol–water partition coefficient (Wildman–Crippen LogP) is 8.22. The molecule has 47 heavy (non-hydrogen) atoms. The van der Waals surface area contributed by atoms with Gasteiger partial charge in [-0.3, -0.25) is 14.4 Å². The molecule has 1 atom stereocenters. The topological polar surface area (TPSA) is 111 Å². The Morgan fingerprint density at radius 2 is 1.74 bits per heavy atom. The number of aryl methyl sites for hydroxylation is 1. The monoisotopic (exact) mass is 662 g/mol. The van der Waals surface area contributed by atoms with Gasteiger partial charge in [-0.05, 0) is 85.1 Å². The second kappa shape index (κ2) is 14.8. The second-order valence-electron chi connectivity index (χ2n) is 12.7. The van der Waals surface area contributed by atoms with Gasteiger partial charge >= 0.3 is 0 Å². The van der Waals surface area contributed by atoms with Gasteiger partial charge in [-0.2, -0.15) is 5.26 Å². The van der Waals surface area contributed by atoms with Crippen molar-refractivity contribution in [1.82, 2.24) is 5.32 Å². The molecule has 1 aliphatic rings. The van der Waals surface area contributed by atoms with Crippen LogP contribution in [0.25, 0.3) is 6.08 Å². The van der Waals surface area contributed by atoms with E-state index in [1.807, 2.05) is 43.3 Å². The van der Waals surface area contributed by atoms with Crippen LogP contribution >= 0.6 is 23.1 Å². The molecule has 0 saturated heterocycles. The SMILES string of the molecule is Cc1ccc(/C=C(/NC(=O)c2ccccc2)C(=O)Nc2cccc(SCC(=O)Nc3sc4c(c3C#N)CCC(C(C)(C)C)C4)c2)cc1. The first-order valence-corrected chi connectivity index (χ1v) is 17.3. The van der Waals surface area contributed by atoms with Crippen LogP contribution < -0.4 is 16.0 Å². The maximum absolute atomic E-state index is 13.5. The molecule has 0 aliphatic heterocycles. The molecule has 3 N–H and O–H groups in total. The zero-order valence-electron chi connectivity index (χ0n) is 27.0. The van der Waals surface area contributed by atoms with Gasteiger partial charge in [0.1, 0.15) is 16.8 Å². The van der Waals surface area contributed by atoms with Gasteiger partial charge in [0.2, 0.25) is 5.91 Å². The zero-order valence-corrected chi connectivity index (χ0v) is 28.6. The van der Waals surface area contributed by atoms with E-state index in [9.17, 15) is 19.6 Å². The van der Waals surface area contributed by atoms with E-state index in [4.69, 9.17) is 0 Å². The Hall–Kier alpha value is -4.65. The first kappa shape index (κ1) is 33.7. The van der Waals surface area contributed by atoms with Crippen LogP contribution in [-0.2, 0) is 22.4 Å². The van der Waals surface area contributed by atoms with Crippen LogP contribution in [0, 0.1) is 29.6 Å². The number of carbonyl (C=O) groups excluding carboxylic acids is 3. The molecule has 1 aromatic heterocycles. The van der Waals surface area contributed by atoms with Crippen LogP contribution in [-0.4, -0.2) is 23.5 Å². The van der Waals surface area contributed by atoms with Gasteiger partial charge in [-0.15, -0.1) is 23.1 Å². The van der Waals surface area contributed by atoms with Crippen LogP contribution in [0.5, 0.6) is 0 Å². The van der Waals surface area contributed by atoms with Crippen molar-refractivity contribution >= 4 is 57.6 Å². The molecule has 1 heterocycles. The first-order valence-electron chi connectivity index (χ1n) is 15.5. The average Bonchev–Trinajstić information content (AvgIpc) is 3.40. The molecule has 0 fully saturated rings. The maximum Gasteiger partial charge on any atom is 0.272 e. The van der Waals surface area contributed by atoms with Gasteiger partial charge in [0.15, 0.2) is 0 Å². The van der Waals surface area contributed by atoms with Crippen LogP contribution in [0.4, 0.5) is 10.7 Å². The Balaban J connectivity index is 1.24. The lowest BCUT2D eigenvalue weighted by Gasteiger charge is -2.33. The van der Waals surface area contributed by atoms with E-state index in [1.165, 1.54) is 28.0 Å². The Kier molecular flexibility index (Phi) is 10.6. The van der Waals surface area contributed by atoms with Crippen LogP contribution in [0.1, 0.15) is 64.7 Å². The maximum atomic E-state index is 13.5. The molecule has 4 aromatic rings. The average molecular weight is 663 g/mol. The molecule has 1 unspecified atom stereocenters. The van der Waals surface area contributed by atoms with E-state index in [0.29, 0.717) is 27.7 Å². The zero-order chi connectivity index (χ0) is 33.6. The van der Waals surface area contributed by atoms with E-state index in [1.54, 1.807) is 48.5 Å². The Labute approximate surface area is 284 Å². The van der Waals surface area contributed by atoms with Crippen LogP contribution in [0.2, 0.25) is 0 Å². The minimum atomic E-state index is -0.478. The lowest BCUT2D eigenvalue weighted by Crippen LogP contribution is -2.30. The molecule has 240 valence electrons. The largest absolute Gasteiger partial charge is 0.321 e. The van der Waals surface area contributed by atoms with E-state index in [2.05, 4.69) is 42.8 Å². The number of rotatable bonds is 9. The van der Waals surface area contributed by atoms with Gasteiger partial charge < -0.3 is 16.0 Å². The third kappa shape index (κ3) is 8.79. The number of hydrogen-bond donors (Lipinski definition) is 3. The number of anilines is 2. The molecule has 0 radical (unpaired) electrons. The molecule has 9 heteroatoms. The highest BCUT2D eigenvalue weighted by molar-refractivity contribution is 8.00. The molecule has 1 aliphatic carbocycles. The van der Waals surface area contributed by atoms with Crippen molar-refractivity contribution in [2.45, 2.75) is 51.9 Å². The van der Waals surface area contributed by atoms with Gasteiger partial charge in [-0.25, -0.2) is 0 Å². The highest BCUT2D eigenvalue weighted by Crippen LogP contribution is 2.44. The van der Waals surface area contributed by atoms with Gasteiger partial charge in [0.25, 0.3) is 11.8 Å². The Morgan fingerprint density at radius 1 is 1.00 bits per heavy atom. The van der Waals surface area contributed by atoms with Crippen molar-refractivity contribution < 1.29 is 14.4 Å². The fraction of sp³-hybridized carbons (Fsp3) is 0.263. The summed E-state index contributed by atoms with van der Waals surface area (Å²) in [5, 5.41) is 19.1. The third-order valence-electron chi connectivity index (χ3n) is 8.23. The number of nitrogens with one attached hydrogen (secondary N) is 3. The molecular weight excluding hydrogens is 625 g/mol. The number of nitrogens with zero attached hydrogens (tertiary/aromatic N) is 1. The van der Waals surface area contributed by atoms with Crippen molar-refractivity contribution in [3.63, 3.8) is 0 Å². The van der Waals surface area contributed by atoms with Crippen molar-refractivity contribution in [3.8, 4) is 6.07 Å². The lowest BCUT2D eigenvalue weighted by atomic mass is 9.72. The summed E-state index contributed by atoms with van der Waals surface area (Å²) in [7, 11) is 0. The number of fused-ring (bicyclic) bond motifs is 1. The molecule has 0 saturated carbocycles. The number of thiophene rings is 1. The summed E-state index contributed by atoms with van der Waals surface area (Å²) in [4.78, 5) is 41.4. The molecule has 0 bridgehead atoms. The summed E-state index contributed by atoms with van der Waals surface area (Å²) in [5.74, 6) is -0.384. The van der Waals surface area contributed by atoms with Crippen LogP contribution in [0.3, 0.4) is 0 Å². The number of carbonyl (C=O) groups is 3. The Bertz CT molecular complexity index is 1850. The molecule has 7 nitrogen and oxygen atoms in total. The van der Waals surface area contributed by atoms with Gasteiger partial charge in [0, 0.05) is 21.0 Å². The summed E-state index contributed by atoms with van der Waals surface area (Å²) in [6, 6.07) is 25.9. The molecule has 3 aromatic carbocycles. The van der Waals surface area contributed by atoms with Crippen LogP contribution in [0.15, 0.2) is 89.5 Å². The smallest absolute Gasteiger partial charge is 0.272 e. The molecule has 5 rings (SSSR count). The van der Waals surface area contributed by atoms with E-state index < -0.39 is 11.8 Å². The normalized spacial score (nSPS) is 14.4. The van der Waals surface area contributed by atoms with Crippen molar-refractivity contribution in [2.24, 2.45) is 11.3 Å². The summed E-state index contributed by atoms with van der Waals surface area (Å²) in [6.45, 7) is 8.75. The number of hydrogen-bond acceptors (Lipinski definition) is 6. The van der Waals surface area contributed by atoms with E-state index in [-0.39, 0.29) is 22.8 Å². The fourth-order valence-electron chi connectivity index (χ4n) is 5.48. The third-order valence-corrected chi connectivity index (χ3v) is 10.4. The van der Waals surface area contributed by atoms with Crippen molar-refractivity contribution in [3.05, 3.63) is 117 Å². The minimum absolute atomic E-state index is 0.0981. The Morgan fingerprint density at radius 3 is 2.45 bits per heavy atom. The van der Waals surface area contributed by atoms with E-state index in [0.717, 1.165) is 40.8 Å². The molecule has 0 spiro atoms. The number of thioether (sulfide) groups is 1. The van der Waals surface area contributed by atoms with Gasteiger partial charge in [-0.1, -0.05) is 74.9 Å². The highest BCUT2D eigenvalue weighted by Gasteiger charge is 2.32. The predicted molar refractivity (Wildman–Crippen MR) is 191 cm³/mol. The van der Waals surface area contributed by atoms with Crippen molar-refractivity contribution in [2.75, 3.05) is 16.4 Å². The highest BCUT2D eigenvalue weighted by atomic mass is 32.2. The van der Waals surface area contributed by atoms with E-state index >= 15 is 0 Å². The summed E-state index contributed by atoms with van der Waals surface area (Å²) in [6.07, 6.45) is 4.47. The number of benzene rings is 3. The quantitative estimate of drug-likeness (QED) is 0.124. The van der Waals surface area contributed by atoms with Gasteiger partial charge in [0.05, 0.1) is 11.3 Å². The lowest BCUT2D eigenvalue weighted by molar-refractivity contribution is -0.114. The molecular formula is C38H38N4O3S2. The second-order valence-corrected chi connectivity index (χ2v) is 14.9. The standard InChI is InChI=1S/C38H38N4O3S2/c1-24-13-15-25(16-14-24)19-32(41-35(44)26-9-6-5-7-10-26)36(45)40-28-11-8-12-29(21-28)46-23-34(43)42-37-31(22-39)30-18-17-27(38(2,3)4)20-33(30)47-37/h5-16,19,21,27H,17-18,20,23H2,1-4H3,(H,40,45)(H,41,44)(H,42,43)/b32-19+. The first-order chi connectivity index (χ1) is 22.5. The minimum Gasteiger partial charge on any atom is -0.321 e. The summed E-state index contributed by atoms with van der Waals surface area (Å²) < 4.78 is 0. The number of nitriles is 1. The summed E-state index contributed by atoms with van der Waals surface area (Å²) in [5.41, 5.74) is 4.77. The fourth-order valence-corrected chi connectivity index (χ4v) is 7.53.